The summed E-state index contributed by atoms with van der Waals surface area (Å²) in [6, 6.07) is 10.2. The molecule has 3 saturated carbocycles. The molecule has 0 heterocycles. The number of amides is 1. The molecule has 0 unspecified atom stereocenters. The summed E-state index contributed by atoms with van der Waals surface area (Å²) in [4.78, 5) is 10.9. The van der Waals surface area contributed by atoms with Gasteiger partial charge in [0.1, 0.15) is 0 Å². The van der Waals surface area contributed by atoms with Crippen molar-refractivity contribution < 1.29 is 15.0 Å². The van der Waals surface area contributed by atoms with E-state index in [1.165, 1.54) is 5.56 Å². The second-order valence-corrected chi connectivity index (χ2v) is 6.43. The second-order valence-electron chi connectivity index (χ2n) is 6.43. The average molecular weight is 290 g/mol. The maximum atomic E-state index is 10.9. The zero-order valence-electron chi connectivity index (χ0n) is 12.0. The third-order valence-electron chi connectivity index (χ3n) is 5.19. The highest BCUT2D eigenvalue weighted by Gasteiger charge is 2.54. The highest BCUT2D eigenvalue weighted by atomic mass is 16.4. The largest absolute Gasteiger partial charge is 0.465 e. The zero-order chi connectivity index (χ0) is 14.9. The van der Waals surface area contributed by atoms with Gasteiger partial charge in [0.15, 0.2) is 0 Å². The first-order valence-electron chi connectivity index (χ1n) is 7.52. The number of hydrogen-bond acceptors (Lipinski definition) is 3. The van der Waals surface area contributed by atoms with Crippen LogP contribution in [0.5, 0.6) is 0 Å². The Kier molecular flexibility index (Phi) is 3.63. The Labute approximate surface area is 124 Å². The van der Waals surface area contributed by atoms with Gasteiger partial charge in [-0.3, -0.25) is 0 Å². The van der Waals surface area contributed by atoms with Crippen LogP contribution in [0.3, 0.4) is 0 Å². The Morgan fingerprint density at radius 1 is 1.19 bits per heavy atom. The first-order valence-corrected chi connectivity index (χ1v) is 7.52. The lowest BCUT2D eigenvalue weighted by atomic mass is 9.60. The quantitative estimate of drug-likeness (QED) is 0.682. The fraction of sp³-hybridized carbons (Fsp3) is 0.562. The van der Waals surface area contributed by atoms with Crippen LogP contribution >= 0.6 is 0 Å². The highest BCUT2D eigenvalue weighted by Crippen LogP contribution is 2.47. The number of benzene rings is 1. The molecule has 0 aliphatic heterocycles. The first-order chi connectivity index (χ1) is 10.0. The summed E-state index contributed by atoms with van der Waals surface area (Å²) >= 11 is 0. The molecule has 2 bridgehead atoms. The molecule has 1 aromatic rings. The van der Waals surface area contributed by atoms with Gasteiger partial charge in [0, 0.05) is 12.1 Å². The molecule has 1 aromatic carbocycles. The van der Waals surface area contributed by atoms with E-state index in [2.05, 4.69) is 22.8 Å². The molecule has 4 rings (SSSR count). The molecule has 0 spiro atoms. The van der Waals surface area contributed by atoms with Crippen molar-refractivity contribution in [1.29, 1.82) is 0 Å². The molecule has 114 valence electrons. The van der Waals surface area contributed by atoms with E-state index in [9.17, 15) is 9.90 Å². The standard InChI is InChI=1S/C16H22N2O3/c19-13-10-15(17-11-12-4-2-1-3-5-12)6-8-16(13,9-7-15)18-14(20)21/h1-5,13,17-19H,6-11H2,(H,20,21)/t13-,15?,16?/m0/s1. The van der Waals surface area contributed by atoms with Gasteiger partial charge in [0.25, 0.3) is 0 Å². The Hall–Kier alpha value is -1.59. The summed E-state index contributed by atoms with van der Waals surface area (Å²) in [5, 5.41) is 25.5. The summed E-state index contributed by atoms with van der Waals surface area (Å²) in [6.07, 6.45) is 2.15. The summed E-state index contributed by atoms with van der Waals surface area (Å²) in [5.41, 5.74) is 0.534. The molecule has 0 aromatic heterocycles. The number of carboxylic acid groups (broad SMARTS) is 1. The third-order valence-corrected chi connectivity index (χ3v) is 5.19. The lowest BCUT2D eigenvalue weighted by Gasteiger charge is -2.56. The predicted molar refractivity (Wildman–Crippen MR) is 79.0 cm³/mol. The molecule has 5 heteroatoms. The van der Waals surface area contributed by atoms with Gasteiger partial charge in [0.2, 0.25) is 0 Å². The molecular weight excluding hydrogens is 268 g/mol. The molecule has 21 heavy (non-hydrogen) atoms. The number of nitrogens with one attached hydrogen (secondary N) is 2. The molecule has 3 fully saturated rings. The van der Waals surface area contributed by atoms with E-state index in [4.69, 9.17) is 5.11 Å². The summed E-state index contributed by atoms with van der Waals surface area (Å²) in [6.45, 7) is 0.785. The van der Waals surface area contributed by atoms with Gasteiger partial charge in [-0.15, -0.1) is 0 Å². The van der Waals surface area contributed by atoms with Crippen molar-refractivity contribution in [2.45, 2.75) is 55.8 Å². The Morgan fingerprint density at radius 2 is 1.86 bits per heavy atom. The van der Waals surface area contributed by atoms with Gasteiger partial charge in [-0.2, -0.15) is 0 Å². The smallest absolute Gasteiger partial charge is 0.405 e. The van der Waals surface area contributed by atoms with Gasteiger partial charge in [-0.25, -0.2) is 4.79 Å². The monoisotopic (exact) mass is 290 g/mol. The van der Waals surface area contributed by atoms with E-state index < -0.39 is 17.7 Å². The Bertz CT molecular complexity index is 510. The van der Waals surface area contributed by atoms with Crippen LogP contribution in [0.4, 0.5) is 4.79 Å². The van der Waals surface area contributed by atoms with Crippen LogP contribution in [0.15, 0.2) is 30.3 Å². The van der Waals surface area contributed by atoms with Crippen molar-refractivity contribution in [1.82, 2.24) is 10.6 Å². The topological polar surface area (TPSA) is 81.6 Å². The molecule has 4 N–H and O–H groups in total. The average Bonchev–Trinajstić information content (AvgIpc) is 2.48. The number of hydrogen-bond donors (Lipinski definition) is 4. The second kappa shape index (κ2) is 5.31. The number of aliphatic hydroxyl groups excluding tert-OH is 1. The van der Waals surface area contributed by atoms with Crippen molar-refractivity contribution in [3.8, 4) is 0 Å². The number of rotatable bonds is 4. The minimum Gasteiger partial charge on any atom is -0.465 e. The first kappa shape index (κ1) is 14.4. The predicted octanol–water partition coefficient (Wildman–Crippen LogP) is 1.86. The van der Waals surface area contributed by atoms with Crippen molar-refractivity contribution in [3.63, 3.8) is 0 Å². The van der Waals surface area contributed by atoms with Gasteiger partial charge in [0.05, 0.1) is 11.6 Å². The van der Waals surface area contributed by atoms with Crippen LogP contribution in [0.2, 0.25) is 0 Å². The van der Waals surface area contributed by atoms with Crippen LogP contribution in [0.1, 0.15) is 37.7 Å². The van der Waals surface area contributed by atoms with E-state index >= 15 is 0 Å². The van der Waals surface area contributed by atoms with E-state index in [0.29, 0.717) is 19.3 Å². The van der Waals surface area contributed by atoms with Gasteiger partial charge >= 0.3 is 6.09 Å². The number of aliphatic hydroxyl groups is 1. The minimum absolute atomic E-state index is 0.0583. The molecule has 1 amide bonds. The summed E-state index contributed by atoms with van der Waals surface area (Å²) in [7, 11) is 0. The summed E-state index contributed by atoms with van der Waals surface area (Å²) < 4.78 is 0. The maximum absolute atomic E-state index is 10.9. The molecule has 0 saturated heterocycles. The van der Waals surface area contributed by atoms with Crippen LogP contribution in [-0.4, -0.2) is 33.5 Å². The third kappa shape index (κ3) is 2.76. The van der Waals surface area contributed by atoms with Crippen molar-refractivity contribution >= 4 is 6.09 Å². The van der Waals surface area contributed by atoms with Crippen LogP contribution < -0.4 is 10.6 Å². The van der Waals surface area contributed by atoms with Crippen molar-refractivity contribution in [2.75, 3.05) is 0 Å². The highest BCUT2D eigenvalue weighted by molar-refractivity contribution is 5.66. The lowest BCUT2D eigenvalue weighted by molar-refractivity contribution is -0.0594. The molecule has 0 radical (unpaired) electrons. The van der Waals surface area contributed by atoms with Gasteiger partial charge in [-0.05, 0) is 37.7 Å². The van der Waals surface area contributed by atoms with Crippen LogP contribution in [0.25, 0.3) is 0 Å². The van der Waals surface area contributed by atoms with Crippen LogP contribution in [-0.2, 0) is 6.54 Å². The van der Waals surface area contributed by atoms with Gasteiger partial charge in [-0.1, -0.05) is 30.3 Å². The fourth-order valence-corrected chi connectivity index (χ4v) is 3.83. The minimum atomic E-state index is -1.04. The molecular formula is C16H22N2O3. The SMILES string of the molecule is O=C(O)NC12CCC(NCc3ccccc3)(CC1)C[C@@H]2O. The Balaban J connectivity index is 1.65. The van der Waals surface area contributed by atoms with E-state index in [0.717, 1.165) is 19.4 Å². The maximum Gasteiger partial charge on any atom is 0.405 e. The van der Waals surface area contributed by atoms with Crippen molar-refractivity contribution in [3.05, 3.63) is 35.9 Å². The molecule has 3 aliphatic rings. The Morgan fingerprint density at radius 3 is 2.43 bits per heavy atom. The fourth-order valence-electron chi connectivity index (χ4n) is 3.83. The van der Waals surface area contributed by atoms with Crippen LogP contribution in [0, 0.1) is 0 Å². The molecule has 1 atom stereocenters. The zero-order valence-corrected chi connectivity index (χ0v) is 12.0. The van der Waals surface area contributed by atoms with Crippen molar-refractivity contribution in [2.24, 2.45) is 0 Å². The number of fused-ring (bicyclic) bond motifs is 3. The van der Waals surface area contributed by atoms with E-state index in [-0.39, 0.29) is 5.54 Å². The summed E-state index contributed by atoms with van der Waals surface area (Å²) in [5.74, 6) is 0. The molecule has 5 nitrogen and oxygen atoms in total. The molecule has 3 aliphatic carbocycles. The number of carbonyl (C=O) groups is 1. The van der Waals surface area contributed by atoms with Gasteiger partial charge < -0.3 is 20.8 Å². The normalized spacial score (nSPS) is 34.6. The van der Waals surface area contributed by atoms with E-state index in [1.807, 2.05) is 18.2 Å². The lowest BCUT2D eigenvalue weighted by Crippen LogP contribution is -2.69. The van der Waals surface area contributed by atoms with E-state index in [1.54, 1.807) is 0 Å².